The average molecular weight is 471 g/mol. The molecule has 0 bridgehead atoms. The van der Waals surface area contributed by atoms with Gasteiger partial charge in [0.25, 0.3) is 0 Å². The fraction of sp³-hybridized carbons (Fsp3) is 0.818. The van der Waals surface area contributed by atoms with Crippen molar-refractivity contribution in [1.29, 1.82) is 0 Å². The van der Waals surface area contributed by atoms with Gasteiger partial charge in [0.15, 0.2) is 0 Å². The van der Waals surface area contributed by atoms with Crippen LogP contribution in [0.4, 0.5) is 0 Å². The van der Waals surface area contributed by atoms with Crippen molar-refractivity contribution in [1.82, 2.24) is 0 Å². The molecule has 0 unspecified atom stereocenters. The van der Waals surface area contributed by atoms with Crippen LogP contribution in [0.15, 0.2) is 24.3 Å². The van der Waals surface area contributed by atoms with Crippen molar-refractivity contribution in [3.05, 3.63) is 29.8 Å². The summed E-state index contributed by atoms with van der Waals surface area (Å²) in [5.41, 5.74) is 2.00. The number of ether oxygens (including phenoxy) is 1. The van der Waals surface area contributed by atoms with E-state index in [9.17, 15) is 0 Å². The molecule has 1 aromatic rings. The third-order valence-corrected chi connectivity index (χ3v) is 9.19. The maximum atomic E-state index is 7.45. The summed E-state index contributed by atoms with van der Waals surface area (Å²) in [6.07, 6.45) is 23.3. The van der Waals surface area contributed by atoms with E-state index in [0.29, 0.717) is 0 Å². The number of hydrogen-bond acceptors (Lipinski definition) is 1. The van der Waals surface area contributed by atoms with E-state index < -0.39 is 0 Å². The van der Waals surface area contributed by atoms with Gasteiger partial charge in [0, 0.05) is 16.4 Å². The fourth-order valence-electron chi connectivity index (χ4n) is 7.43. The highest BCUT2D eigenvalue weighted by molar-refractivity contribution is 5.46. The smallest absolute Gasteiger partial charge is 0.123 e. The van der Waals surface area contributed by atoms with Gasteiger partial charge in [-0.15, -0.1) is 0 Å². The van der Waals surface area contributed by atoms with Crippen LogP contribution in [0.1, 0.15) is 163 Å². The van der Waals surface area contributed by atoms with Gasteiger partial charge < -0.3 is 4.74 Å². The summed E-state index contributed by atoms with van der Waals surface area (Å²) in [5.74, 6) is 1.23. The lowest BCUT2D eigenvalue weighted by Crippen LogP contribution is -2.65. The molecule has 0 spiro atoms. The molecule has 1 aromatic carbocycles. The maximum Gasteiger partial charge on any atom is 0.123 e. The van der Waals surface area contributed by atoms with Gasteiger partial charge >= 0.3 is 0 Å². The molecule has 196 valence electrons. The molecule has 0 saturated carbocycles. The molecule has 0 fully saturated rings. The molecular formula is C33H58O. The molecule has 1 aliphatic rings. The van der Waals surface area contributed by atoms with Crippen LogP contribution in [0.25, 0.3) is 0 Å². The summed E-state index contributed by atoms with van der Waals surface area (Å²) in [6, 6.07) is 9.30. The lowest BCUT2D eigenvalue weighted by atomic mass is 9.44. The topological polar surface area (TPSA) is 9.23 Å². The molecule has 2 rings (SSSR count). The van der Waals surface area contributed by atoms with Gasteiger partial charge in [-0.25, -0.2) is 0 Å². The molecule has 0 radical (unpaired) electrons. The van der Waals surface area contributed by atoms with E-state index in [2.05, 4.69) is 65.8 Å². The average Bonchev–Trinajstić information content (AvgIpc) is 2.87. The Labute approximate surface area is 213 Å². The second kappa shape index (κ2) is 14.5. The number of unbranched alkanes of at least 4 members (excludes halogenated alkanes) is 6. The summed E-state index contributed by atoms with van der Waals surface area (Å²) >= 11 is 0. The lowest BCUT2D eigenvalue weighted by Gasteiger charge is -2.65. The molecule has 1 aliphatic heterocycles. The fourth-order valence-corrected chi connectivity index (χ4v) is 7.43. The van der Waals surface area contributed by atoms with Crippen LogP contribution < -0.4 is 4.74 Å². The van der Waals surface area contributed by atoms with Crippen molar-refractivity contribution in [2.24, 2.45) is 5.41 Å². The lowest BCUT2D eigenvalue weighted by molar-refractivity contribution is -0.158. The zero-order valence-corrected chi connectivity index (χ0v) is 23.9. The summed E-state index contributed by atoms with van der Waals surface area (Å²) in [5, 5.41) is 0. The van der Waals surface area contributed by atoms with E-state index >= 15 is 0 Å². The van der Waals surface area contributed by atoms with E-state index in [1.807, 2.05) is 0 Å². The van der Waals surface area contributed by atoms with Gasteiger partial charge in [-0.05, 0) is 57.4 Å². The van der Waals surface area contributed by atoms with Gasteiger partial charge in [0.05, 0.1) is 0 Å². The normalized spacial score (nSPS) is 17.8. The molecule has 0 saturated heterocycles. The minimum Gasteiger partial charge on any atom is -0.486 e. The minimum atomic E-state index is -0.0286. The highest BCUT2D eigenvalue weighted by Crippen LogP contribution is 2.67. The standard InChI is InChI=1S/C33H58O/c1-7-13-23-31(24-14-8-2)29-21-19-20-22-30(29)34-33(27-17-11-5,28-18-12-6)32(31,25-15-9-3)26-16-10-4/h19-22H,7-18,23-28H2,1-6H3. The van der Waals surface area contributed by atoms with E-state index in [1.165, 1.54) is 121 Å². The Morgan fingerprint density at radius 3 is 1.41 bits per heavy atom. The Morgan fingerprint density at radius 2 is 0.941 bits per heavy atom. The van der Waals surface area contributed by atoms with Gasteiger partial charge in [-0.3, -0.25) is 0 Å². The molecule has 1 heterocycles. The van der Waals surface area contributed by atoms with Crippen molar-refractivity contribution < 1.29 is 4.74 Å². The van der Waals surface area contributed by atoms with Crippen LogP contribution >= 0.6 is 0 Å². The van der Waals surface area contributed by atoms with Crippen LogP contribution in [0.2, 0.25) is 0 Å². The van der Waals surface area contributed by atoms with Gasteiger partial charge in [0.2, 0.25) is 0 Å². The predicted octanol–water partition coefficient (Wildman–Crippen LogP) is 11.2. The summed E-state index contributed by atoms with van der Waals surface area (Å²) in [6.45, 7) is 14.3. The largest absolute Gasteiger partial charge is 0.486 e. The molecule has 1 heteroatoms. The number of hydrogen-bond donors (Lipinski definition) is 0. The van der Waals surface area contributed by atoms with Crippen molar-refractivity contribution in [2.75, 3.05) is 0 Å². The van der Waals surface area contributed by atoms with Crippen LogP contribution in [-0.2, 0) is 5.41 Å². The third-order valence-electron chi connectivity index (χ3n) is 9.19. The SMILES string of the molecule is CCCCC1(CCCC)Oc2ccccc2C(CCCC)(CCCC)C1(CCCC)CCCC. The summed E-state index contributed by atoms with van der Waals surface area (Å²) in [4.78, 5) is 0. The predicted molar refractivity (Wildman–Crippen MR) is 151 cm³/mol. The van der Waals surface area contributed by atoms with Gasteiger partial charge in [-0.2, -0.15) is 0 Å². The Morgan fingerprint density at radius 1 is 0.529 bits per heavy atom. The quantitative estimate of drug-likeness (QED) is 0.207. The van der Waals surface area contributed by atoms with Crippen LogP contribution in [0.5, 0.6) is 5.75 Å². The molecular weight excluding hydrogens is 412 g/mol. The molecule has 34 heavy (non-hydrogen) atoms. The highest BCUT2D eigenvalue weighted by atomic mass is 16.5. The minimum absolute atomic E-state index is 0.0286. The number of fused-ring (bicyclic) bond motifs is 1. The second-order valence-corrected chi connectivity index (χ2v) is 11.4. The van der Waals surface area contributed by atoms with E-state index in [0.717, 1.165) is 0 Å². The molecule has 0 N–H and O–H groups in total. The summed E-state index contributed by atoms with van der Waals surface area (Å²) in [7, 11) is 0. The molecule has 0 aliphatic carbocycles. The summed E-state index contributed by atoms with van der Waals surface area (Å²) < 4.78 is 7.45. The molecule has 0 atom stereocenters. The van der Waals surface area contributed by atoms with E-state index in [4.69, 9.17) is 4.74 Å². The van der Waals surface area contributed by atoms with Gasteiger partial charge in [-0.1, -0.05) is 124 Å². The Kier molecular flexibility index (Phi) is 12.5. The number of para-hydroxylation sites is 1. The van der Waals surface area contributed by atoms with E-state index in [1.54, 1.807) is 5.56 Å². The zero-order valence-electron chi connectivity index (χ0n) is 23.9. The first kappa shape index (κ1) is 29.3. The van der Waals surface area contributed by atoms with Crippen molar-refractivity contribution in [2.45, 2.75) is 168 Å². The first-order chi connectivity index (χ1) is 16.6. The van der Waals surface area contributed by atoms with Crippen molar-refractivity contribution in [3.8, 4) is 5.75 Å². The van der Waals surface area contributed by atoms with Crippen molar-refractivity contribution in [3.63, 3.8) is 0 Å². The highest BCUT2D eigenvalue weighted by Gasteiger charge is 2.65. The van der Waals surface area contributed by atoms with Crippen LogP contribution in [0.3, 0.4) is 0 Å². The Bertz CT molecular complexity index is 651. The van der Waals surface area contributed by atoms with Crippen LogP contribution in [0, 0.1) is 5.41 Å². The van der Waals surface area contributed by atoms with Crippen LogP contribution in [-0.4, -0.2) is 5.60 Å². The molecule has 1 nitrogen and oxygen atoms in total. The monoisotopic (exact) mass is 470 g/mol. The molecule has 0 aromatic heterocycles. The van der Waals surface area contributed by atoms with Gasteiger partial charge in [0.1, 0.15) is 11.4 Å². The zero-order chi connectivity index (χ0) is 24.9. The maximum absolute atomic E-state index is 7.45. The first-order valence-electron chi connectivity index (χ1n) is 15.3. The first-order valence-corrected chi connectivity index (χ1v) is 15.3. The molecule has 0 amide bonds. The number of benzene rings is 1. The third kappa shape index (κ3) is 5.87. The Hall–Kier alpha value is -0.980. The Balaban J connectivity index is 2.91. The second-order valence-electron chi connectivity index (χ2n) is 11.4. The number of rotatable bonds is 18. The van der Waals surface area contributed by atoms with Crippen molar-refractivity contribution >= 4 is 0 Å². The van der Waals surface area contributed by atoms with E-state index in [-0.39, 0.29) is 16.4 Å².